The summed E-state index contributed by atoms with van der Waals surface area (Å²) in [7, 11) is 4.01. The van der Waals surface area contributed by atoms with Crippen LogP contribution in [0.2, 0.25) is 0 Å². The van der Waals surface area contributed by atoms with Gasteiger partial charge in [-0.2, -0.15) is 0 Å². The van der Waals surface area contributed by atoms with E-state index in [1.54, 1.807) is 13.2 Å². The van der Waals surface area contributed by atoms with Gasteiger partial charge in [-0.3, -0.25) is 4.90 Å². The number of methoxy groups -OCH3 is 1. The van der Waals surface area contributed by atoms with Crippen molar-refractivity contribution in [3.05, 3.63) is 70.3 Å². The molecule has 1 saturated carbocycles. The monoisotopic (exact) mass is 429 g/mol. The highest BCUT2D eigenvalue weighted by atomic mass is 16.5. The van der Waals surface area contributed by atoms with Crippen LogP contribution in [0.5, 0.6) is 5.75 Å². The van der Waals surface area contributed by atoms with Gasteiger partial charge in [0.1, 0.15) is 5.75 Å². The molecule has 0 saturated heterocycles. The maximum absolute atomic E-state index is 10.7. The largest absolute Gasteiger partial charge is 0.496 e. The van der Waals surface area contributed by atoms with Gasteiger partial charge in [-0.15, -0.1) is 0 Å². The topological polar surface area (TPSA) is 49.8 Å². The highest BCUT2D eigenvalue weighted by Crippen LogP contribution is 2.49. The first-order valence-corrected chi connectivity index (χ1v) is 11.3. The Labute approximate surface area is 190 Å². The molecule has 1 unspecified atom stereocenters. The normalized spacial score (nSPS) is 19.3. The molecular formula is C28H31NO3. The molecule has 0 radical (unpaired) electrons. The van der Waals surface area contributed by atoms with E-state index in [1.165, 1.54) is 24.0 Å². The van der Waals surface area contributed by atoms with Crippen LogP contribution in [0.4, 0.5) is 0 Å². The molecule has 0 amide bonds. The molecule has 1 atom stereocenters. The van der Waals surface area contributed by atoms with Crippen LogP contribution in [0.15, 0.2) is 42.5 Å². The molecule has 32 heavy (non-hydrogen) atoms. The maximum Gasteiger partial charge on any atom is 0.328 e. The second-order valence-corrected chi connectivity index (χ2v) is 9.52. The molecule has 4 rings (SSSR count). The Kier molecular flexibility index (Phi) is 6.13. The molecule has 0 aliphatic heterocycles. The highest BCUT2D eigenvalue weighted by Gasteiger charge is 2.40. The maximum atomic E-state index is 10.7. The number of aliphatic carboxylic acids is 1. The second-order valence-electron chi connectivity index (χ2n) is 9.52. The molecule has 0 aromatic heterocycles. The van der Waals surface area contributed by atoms with Gasteiger partial charge in [-0.25, -0.2) is 4.79 Å². The summed E-state index contributed by atoms with van der Waals surface area (Å²) in [6.07, 6.45) is 7.59. The Morgan fingerprint density at radius 3 is 2.44 bits per heavy atom. The molecule has 2 aliphatic rings. The predicted octanol–water partition coefficient (Wildman–Crippen LogP) is 5.40. The van der Waals surface area contributed by atoms with E-state index in [0.29, 0.717) is 12.1 Å². The van der Waals surface area contributed by atoms with Crippen LogP contribution in [0.3, 0.4) is 0 Å². The van der Waals surface area contributed by atoms with Crippen molar-refractivity contribution in [3.8, 4) is 17.6 Å². The Hall–Kier alpha value is -3.03. The van der Waals surface area contributed by atoms with Crippen molar-refractivity contribution >= 4 is 12.0 Å². The summed E-state index contributed by atoms with van der Waals surface area (Å²) in [5, 5.41) is 8.76. The Morgan fingerprint density at radius 1 is 1.12 bits per heavy atom. The summed E-state index contributed by atoms with van der Waals surface area (Å²) >= 11 is 0. The number of carboxylic acid groups (broad SMARTS) is 1. The Bertz CT molecular complexity index is 1100. The summed E-state index contributed by atoms with van der Waals surface area (Å²) < 4.78 is 5.89. The summed E-state index contributed by atoms with van der Waals surface area (Å²) in [6.45, 7) is 4.64. The van der Waals surface area contributed by atoms with Crippen molar-refractivity contribution in [1.29, 1.82) is 0 Å². The number of rotatable bonds is 5. The standard InChI is InChI=1S/C28H31NO3/c1-28(2)16-15-24(29(3)22-12-13-22)27-23(28)17-21(18-25(27)32-4)10-9-19-5-7-20(8-6-19)11-14-26(30)31/h5-8,11,14,17-18,22,24H,12-13,15-16H2,1-4H3,(H,30,31)/b14-11+. The van der Waals surface area contributed by atoms with Gasteiger partial charge in [0, 0.05) is 34.9 Å². The molecule has 0 bridgehead atoms. The molecule has 1 N–H and O–H groups in total. The van der Waals surface area contributed by atoms with Crippen LogP contribution in [0.25, 0.3) is 6.08 Å². The summed E-state index contributed by atoms with van der Waals surface area (Å²) in [5.41, 5.74) is 5.44. The van der Waals surface area contributed by atoms with Crippen molar-refractivity contribution in [2.75, 3.05) is 14.2 Å². The second kappa shape index (κ2) is 8.84. The van der Waals surface area contributed by atoms with Crippen molar-refractivity contribution in [2.24, 2.45) is 0 Å². The molecule has 2 aliphatic carbocycles. The smallest absolute Gasteiger partial charge is 0.328 e. The van der Waals surface area contributed by atoms with Crippen LogP contribution in [0.1, 0.15) is 73.4 Å². The number of ether oxygens (including phenoxy) is 1. The van der Waals surface area contributed by atoms with E-state index in [9.17, 15) is 4.79 Å². The zero-order chi connectivity index (χ0) is 22.9. The van der Waals surface area contributed by atoms with Gasteiger partial charge in [-0.1, -0.05) is 37.8 Å². The summed E-state index contributed by atoms with van der Waals surface area (Å²) in [4.78, 5) is 13.2. The fourth-order valence-electron chi connectivity index (χ4n) is 4.68. The lowest BCUT2D eigenvalue weighted by molar-refractivity contribution is -0.131. The van der Waals surface area contributed by atoms with Crippen molar-refractivity contribution in [2.45, 2.75) is 57.0 Å². The van der Waals surface area contributed by atoms with Gasteiger partial charge in [0.15, 0.2) is 0 Å². The molecular weight excluding hydrogens is 398 g/mol. The van der Waals surface area contributed by atoms with Crippen molar-refractivity contribution in [1.82, 2.24) is 4.90 Å². The van der Waals surface area contributed by atoms with E-state index in [0.717, 1.165) is 41.4 Å². The average molecular weight is 430 g/mol. The van der Waals surface area contributed by atoms with Crippen LogP contribution in [-0.2, 0) is 10.2 Å². The molecule has 2 aromatic carbocycles. The van der Waals surface area contributed by atoms with Gasteiger partial charge < -0.3 is 9.84 Å². The van der Waals surface area contributed by atoms with Crippen molar-refractivity contribution < 1.29 is 14.6 Å². The summed E-state index contributed by atoms with van der Waals surface area (Å²) in [5.74, 6) is 6.54. The minimum atomic E-state index is -0.955. The number of nitrogens with zero attached hydrogens (tertiary/aromatic N) is 1. The van der Waals surface area contributed by atoms with E-state index in [-0.39, 0.29) is 5.41 Å². The van der Waals surface area contributed by atoms with Crippen molar-refractivity contribution in [3.63, 3.8) is 0 Å². The number of hydrogen-bond acceptors (Lipinski definition) is 3. The first-order chi connectivity index (χ1) is 15.3. The van der Waals surface area contributed by atoms with Crippen LogP contribution < -0.4 is 4.74 Å². The molecule has 4 nitrogen and oxygen atoms in total. The zero-order valence-electron chi connectivity index (χ0n) is 19.3. The number of carbonyl (C=O) groups is 1. The van der Waals surface area contributed by atoms with Gasteiger partial charge in [0.2, 0.25) is 0 Å². The molecule has 4 heteroatoms. The minimum absolute atomic E-state index is 0.0827. The third kappa shape index (κ3) is 4.74. The van der Waals surface area contributed by atoms with E-state index in [4.69, 9.17) is 9.84 Å². The molecule has 2 aromatic rings. The third-order valence-electron chi connectivity index (χ3n) is 6.76. The first-order valence-electron chi connectivity index (χ1n) is 11.3. The minimum Gasteiger partial charge on any atom is -0.496 e. The lowest BCUT2D eigenvalue weighted by atomic mass is 9.70. The molecule has 0 heterocycles. The van der Waals surface area contributed by atoms with Gasteiger partial charge in [0.05, 0.1) is 7.11 Å². The molecule has 166 valence electrons. The van der Waals surface area contributed by atoms with Crippen LogP contribution in [-0.4, -0.2) is 36.2 Å². The Morgan fingerprint density at radius 2 is 1.81 bits per heavy atom. The zero-order valence-corrected chi connectivity index (χ0v) is 19.3. The number of benzene rings is 2. The van der Waals surface area contributed by atoms with E-state index >= 15 is 0 Å². The number of carboxylic acids is 1. The predicted molar refractivity (Wildman–Crippen MR) is 128 cm³/mol. The fourth-order valence-corrected chi connectivity index (χ4v) is 4.68. The SMILES string of the molecule is COc1cc(C#Cc2ccc(/C=C/C(=O)O)cc2)cc2c1C(N(C)C1CC1)CCC2(C)C. The van der Waals surface area contributed by atoms with Crippen LogP contribution in [0, 0.1) is 11.8 Å². The third-order valence-corrected chi connectivity index (χ3v) is 6.76. The lowest BCUT2D eigenvalue weighted by Crippen LogP contribution is -2.35. The Balaban J connectivity index is 1.66. The van der Waals surface area contributed by atoms with E-state index < -0.39 is 5.97 Å². The lowest BCUT2D eigenvalue weighted by Gasteiger charge is -2.41. The highest BCUT2D eigenvalue weighted by molar-refractivity contribution is 5.85. The van der Waals surface area contributed by atoms with Gasteiger partial charge in [0.25, 0.3) is 0 Å². The first kappa shape index (κ1) is 22.2. The average Bonchev–Trinajstić information content (AvgIpc) is 3.62. The molecule has 1 fully saturated rings. The van der Waals surface area contributed by atoms with Gasteiger partial charge in [-0.05, 0) is 79.6 Å². The molecule has 0 spiro atoms. The van der Waals surface area contributed by atoms with Crippen LogP contribution >= 0.6 is 0 Å². The van der Waals surface area contributed by atoms with E-state index in [2.05, 4.69) is 49.8 Å². The fraction of sp³-hybridized carbons (Fsp3) is 0.393. The quantitative estimate of drug-likeness (QED) is 0.511. The number of fused-ring (bicyclic) bond motifs is 1. The number of hydrogen-bond donors (Lipinski definition) is 1. The van der Waals surface area contributed by atoms with E-state index in [1.807, 2.05) is 24.3 Å². The van der Waals surface area contributed by atoms with Gasteiger partial charge >= 0.3 is 5.97 Å². The summed E-state index contributed by atoms with van der Waals surface area (Å²) in [6, 6.07) is 13.0.